The van der Waals surface area contributed by atoms with Crippen molar-refractivity contribution in [2.45, 2.75) is 38.6 Å². The van der Waals surface area contributed by atoms with Gasteiger partial charge in [-0.05, 0) is 49.3 Å². The van der Waals surface area contributed by atoms with E-state index in [1.54, 1.807) is 0 Å². The first-order valence-electron chi connectivity index (χ1n) is 10.9. The van der Waals surface area contributed by atoms with Gasteiger partial charge < -0.3 is 9.80 Å². The van der Waals surface area contributed by atoms with Crippen molar-refractivity contribution in [3.05, 3.63) is 71.8 Å². The smallest absolute Gasteiger partial charge is 0.253 e. The zero-order valence-electron chi connectivity index (χ0n) is 17.0. The molecule has 4 heteroatoms. The minimum atomic E-state index is 0.107. The summed E-state index contributed by atoms with van der Waals surface area (Å²) >= 11 is 0. The number of hydrogen-bond donors (Lipinski definition) is 0. The molecule has 4 nitrogen and oxygen atoms in total. The number of rotatable bonds is 4. The van der Waals surface area contributed by atoms with E-state index in [4.69, 9.17) is 0 Å². The van der Waals surface area contributed by atoms with Gasteiger partial charge in [0.15, 0.2) is 0 Å². The molecule has 2 aromatic rings. The molecule has 4 rings (SSSR count). The first kappa shape index (κ1) is 19.7. The fourth-order valence-electron chi connectivity index (χ4n) is 4.80. The minimum Gasteiger partial charge on any atom is -0.339 e. The Kier molecular flexibility index (Phi) is 6.28. The van der Waals surface area contributed by atoms with E-state index >= 15 is 0 Å². The Morgan fingerprint density at radius 2 is 1.48 bits per heavy atom. The van der Waals surface area contributed by atoms with Gasteiger partial charge in [-0.25, -0.2) is 0 Å². The largest absolute Gasteiger partial charge is 0.339 e. The highest BCUT2D eigenvalue weighted by atomic mass is 16.2. The van der Waals surface area contributed by atoms with Gasteiger partial charge in [-0.3, -0.25) is 9.59 Å². The van der Waals surface area contributed by atoms with Crippen molar-refractivity contribution < 1.29 is 9.59 Å². The number of carbonyl (C=O) groups excluding carboxylic acids is 2. The molecule has 0 spiro atoms. The number of nitrogens with zero attached hydrogens (tertiary/aromatic N) is 2. The summed E-state index contributed by atoms with van der Waals surface area (Å²) in [4.78, 5) is 30.1. The van der Waals surface area contributed by atoms with Crippen molar-refractivity contribution in [2.75, 3.05) is 19.6 Å². The van der Waals surface area contributed by atoms with Crippen molar-refractivity contribution in [1.29, 1.82) is 0 Å². The number of benzene rings is 2. The van der Waals surface area contributed by atoms with Crippen molar-refractivity contribution >= 4 is 11.8 Å². The Balaban J connectivity index is 1.38. The summed E-state index contributed by atoms with van der Waals surface area (Å²) in [6, 6.07) is 19.8. The van der Waals surface area contributed by atoms with Gasteiger partial charge in [-0.2, -0.15) is 0 Å². The van der Waals surface area contributed by atoms with Gasteiger partial charge in [0.05, 0.1) is 0 Å². The molecule has 2 aliphatic heterocycles. The van der Waals surface area contributed by atoms with Crippen LogP contribution >= 0.6 is 0 Å². The second-order valence-corrected chi connectivity index (χ2v) is 8.34. The molecule has 29 heavy (non-hydrogen) atoms. The van der Waals surface area contributed by atoms with Crippen molar-refractivity contribution in [3.63, 3.8) is 0 Å². The van der Waals surface area contributed by atoms with E-state index in [2.05, 4.69) is 17.0 Å². The van der Waals surface area contributed by atoms with Crippen LogP contribution in [0.5, 0.6) is 0 Å². The number of carbonyl (C=O) groups is 2. The molecule has 0 aliphatic carbocycles. The molecular formula is C25H30N2O2. The van der Waals surface area contributed by atoms with Crippen LogP contribution in [-0.2, 0) is 11.3 Å². The molecule has 1 atom stereocenters. The molecule has 2 amide bonds. The maximum absolute atomic E-state index is 13.3. The summed E-state index contributed by atoms with van der Waals surface area (Å²) in [5, 5.41) is 0. The van der Waals surface area contributed by atoms with Gasteiger partial charge in [-0.15, -0.1) is 0 Å². The van der Waals surface area contributed by atoms with Crippen molar-refractivity contribution in [3.8, 4) is 0 Å². The third-order valence-corrected chi connectivity index (χ3v) is 6.45. The summed E-state index contributed by atoms with van der Waals surface area (Å²) in [5.74, 6) is 0.926. The number of piperidine rings is 1. The highest BCUT2D eigenvalue weighted by Gasteiger charge is 2.36. The highest BCUT2D eigenvalue weighted by Crippen LogP contribution is 2.33. The van der Waals surface area contributed by atoms with Crippen LogP contribution in [0.25, 0.3) is 0 Å². The molecule has 2 heterocycles. The van der Waals surface area contributed by atoms with Crippen LogP contribution < -0.4 is 0 Å². The van der Waals surface area contributed by atoms with Crippen LogP contribution in [0.4, 0.5) is 0 Å². The molecule has 152 valence electrons. The molecule has 2 saturated heterocycles. The van der Waals surface area contributed by atoms with Crippen LogP contribution in [-0.4, -0.2) is 41.2 Å². The van der Waals surface area contributed by atoms with E-state index in [0.717, 1.165) is 57.3 Å². The van der Waals surface area contributed by atoms with E-state index in [-0.39, 0.29) is 11.8 Å². The Bertz CT molecular complexity index is 813. The molecule has 0 bridgehead atoms. The average molecular weight is 391 g/mol. The molecule has 0 saturated carbocycles. The van der Waals surface area contributed by atoms with Crippen LogP contribution in [0.1, 0.15) is 48.0 Å². The molecule has 0 radical (unpaired) electrons. The normalized spacial score (nSPS) is 21.1. The Labute approximate surface area is 173 Å². The molecule has 0 N–H and O–H groups in total. The second-order valence-electron chi connectivity index (χ2n) is 8.34. The van der Waals surface area contributed by atoms with Gasteiger partial charge in [0.2, 0.25) is 5.91 Å². The molecule has 0 aromatic heterocycles. The third kappa shape index (κ3) is 4.69. The predicted molar refractivity (Wildman–Crippen MR) is 114 cm³/mol. The zero-order chi connectivity index (χ0) is 20.1. The van der Waals surface area contributed by atoms with Gasteiger partial charge in [0.25, 0.3) is 5.91 Å². The quantitative estimate of drug-likeness (QED) is 0.778. The number of hydrogen-bond acceptors (Lipinski definition) is 2. The lowest BCUT2D eigenvalue weighted by Crippen LogP contribution is -2.43. The zero-order valence-corrected chi connectivity index (χ0v) is 17.0. The Morgan fingerprint density at radius 1 is 0.828 bits per heavy atom. The van der Waals surface area contributed by atoms with Gasteiger partial charge in [-0.1, -0.05) is 55.0 Å². The van der Waals surface area contributed by atoms with Crippen LogP contribution in [0.2, 0.25) is 0 Å². The van der Waals surface area contributed by atoms with E-state index in [9.17, 15) is 9.59 Å². The molecule has 2 aliphatic rings. The average Bonchev–Trinajstić information content (AvgIpc) is 2.96. The summed E-state index contributed by atoms with van der Waals surface area (Å²) in [5.41, 5.74) is 1.95. The number of amides is 2. The first-order chi connectivity index (χ1) is 14.2. The van der Waals surface area contributed by atoms with Crippen molar-refractivity contribution in [2.24, 2.45) is 11.8 Å². The van der Waals surface area contributed by atoms with Crippen LogP contribution in [0, 0.1) is 11.8 Å². The lowest BCUT2D eigenvalue weighted by Gasteiger charge is -2.36. The summed E-state index contributed by atoms with van der Waals surface area (Å²) in [7, 11) is 0. The first-order valence-corrected chi connectivity index (χ1v) is 10.9. The van der Waals surface area contributed by atoms with E-state index in [1.807, 2.05) is 53.4 Å². The van der Waals surface area contributed by atoms with Gasteiger partial charge in [0, 0.05) is 37.7 Å². The highest BCUT2D eigenvalue weighted by molar-refractivity contribution is 5.94. The molecule has 2 aromatic carbocycles. The lowest BCUT2D eigenvalue weighted by molar-refractivity contribution is -0.137. The monoisotopic (exact) mass is 390 g/mol. The fourth-order valence-corrected chi connectivity index (χ4v) is 4.80. The number of likely N-dealkylation sites (tertiary alicyclic amines) is 2. The van der Waals surface area contributed by atoms with Crippen LogP contribution in [0.15, 0.2) is 60.7 Å². The van der Waals surface area contributed by atoms with E-state index < -0.39 is 0 Å². The molecule has 2 fully saturated rings. The topological polar surface area (TPSA) is 40.6 Å². The SMILES string of the molecule is O=C(c1ccccc1)N1CCC([C@@H]2CCCCN(Cc3ccccc3)C2=O)CC1. The van der Waals surface area contributed by atoms with E-state index in [0.29, 0.717) is 18.4 Å². The summed E-state index contributed by atoms with van der Waals surface area (Å²) in [6.07, 6.45) is 5.04. The second kappa shape index (κ2) is 9.25. The molecular weight excluding hydrogens is 360 g/mol. The Hall–Kier alpha value is -2.62. The fraction of sp³-hybridized carbons (Fsp3) is 0.440. The van der Waals surface area contributed by atoms with Crippen LogP contribution in [0.3, 0.4) is 0 Å². The maximum atomic E-state index is 13.3. The van der Waals surface area contributed by atoms with Gasteiger partial charge >= 0.3 is 0 Å². The summed E-state index contributed by atoms with van der Waals surface area (Å²) in [6.45, 7) is 3.07. The standard InChI is InChI=1S/C25H30N2O2/c28-24(22-11-5-2-6-12-22)26-17-14-21(15-18-26)23-13-7-8-16-27(25(23)29)19-20-9-3-1-4-10-20/h1-6,9-12,21,23H,7-8,13-19H2/t23-/m0/s1. The lowest BCUT2D eigenvalue weighted by atomic mass is 9.81. The minimum absolute atomic E-state index is 0.107. The predicted octanol–water partition coefficient (Wildman–Crippen LogP) is 4.37. The molecule has 0 unspecified atom stereocenters. The third-order valence-electron chi connectivity index (χ3n) is 6.45. The Morgan fingerprint density at radius 3 is 2.17 bits per heavy atom. The summed E-state index contributed by atoms with van der Waals surface area (Å²) < 4.78 is 0. The van der Waals surface area contributed by atoms with E-state index in [1.165, 1.54) is 5.56 Å². The van der Waals surface area contributed by atoms with Crippen molar-refractivity contribution in [1.82, 2.24) is 9.80 Å². The van der Waals surface area contributed by atoms with Gasteiger partial charge in [0.1, 0.15) is 0 Å². The maximum Gasteiger partial charge on any atom is 0.253 e.